The van der Waals surface area contributed by atoms with Gasteiger partial charge in [-0.05, 0) is 26.0 Å². The summed E-state index contributed by atoms with van der Waals surface area (Å²) in [6.07, 6.45) is 0. The summed E-state index contributed by atoms with van der Waals surface area (Å²) in [6, 6.07) is 3.25. The first-order chi connectivity index (χ1) is 9.72. The summed E-state index contributed by atoms with van der Waals surface area (Å²) in [7, 11) is -3.99. The monoisotopic (exact) mass is 330 g/mol. The Morgan fingerprint density at radius 3 is 2.57 bits per heavy atom. The lowest BCUT2D eigenvalue weighted by atomic mass is 10.3. The van der Waals surface area contributed by atoms with Crippen LogP contribution in [0.4, 0.5) is 11.5 Å². The normalized spacial score (nSPS) is 11.4. The lowest BCUT2D eigenvalue weighted by Gasteiger charge is -2.06. The van der Waals surface area contributed by atoms with Gasteiger partial charge in [0.1, 0.15) is 5.02 Å². The van der Waals surface area contributed by atoms with Crippen LogP contribution in [0.25, 0.3) is 0 Å². The molecule has 0 amide bonds. The highest BCUT2D eigenvalue weighted by atomic mass is 35.5. The number of benzene rings is 1. The van der Waals surface area contributed by atoms with Crippen molar-refractivity contribution in [1.82, 2.24) is 10.2 Å². The van der Waals surface area contributed by atoms with Gasteiger partial charge in [0.2, 0.25) is 0 Å². The molecular weight excluding hydrogens is 320 g/mol. The second kappa shape index (κ2) is 5.34. The molecular formula is C11H11ClN4O4S. The number of halogens is 1. The number of nitrogens with one attached hydrogen (secondary N) is 2. The molecule has 0 saturated carbocycles. The van der Waals surface area contributed by atoms with Crippen molar-refractivity contribution in [2.24, 2.45) is 0 Å². The zero-order chi connectivity index (χ0) is 15.8. The molecule has 1 heterocycles. The van der Waals surface area contributed by atoms with Crippen molar-refractivity contribution in [2.45, 2.75) is 18.7 Å². The van der Waals surface area contributed by atoms with E-state index in [1.165, 1.54) is 6.07 Å². The van der Waals surface area contributed by atoms with Crippen molar-refractivity contribution < 1.29 is 13.3 Å². The number of anilines is 1. The summed E-state index contributed by atoms with van der Waals surface area (Å²) in [5.74, 6) is 0.144. The van der Waals surface area contributed by atoms with Crippen LogP contribution < -0.4 is 4.72 Å². The first-order valence-corrected chi connectivity index (χ1v) is 7.57. The second-order valence-corrected chi connectivity index (χ2v) is 6.39. The number of hydrogen-bond donors (Lipinski definition) is 2. The molecule has 0 radical (unpaired) electrons. The quantitative estimate of drug-likeness (QED) is 0.659. The summed E-state index contributed by atoms with van der Waals surface area (Å²) >= 11 is 5.66. The molecule has 2 N–H and O–H groups in total. The van der Waals surface area contributed by atoms with E-state index >= 15 is 0 Å². The third-order valence-corrected chi connectivity index (χ3v) is 4.56. The molecule has 0 aliphatic heterocycles. The number of aryl methyl sites for hydroxylation is 1. The van der Waals surface area contributed by atoms with E-state index in [2.05, 4.69) is 14.9 Å². The fourth-order valence-corrected chi connectivity index (χ4v) is 2.84. The Balaban J connectivity index is 2.43. The Morgan fingerprint density at radius 2 is 2.05 bits per heavy atom. The van der Waals surface area contributed by atoms with Crippen LogP contribution in [-0.4, -0.2) is 23.5 Å². The number of sulfonamides is 1. The molecule has 8 nitrogen and oxygen atoms in total. The number of nitrogens with zero attached hydrogens (tertiary/aromatic N) is 2. The van der Waals surface area contributed by atoms with E-state index < -0.39 is 20.6 Å². The Labute approximate surface area is 125 Å². The van der Waals surface area contributed by atoms with Crippen molar-refractivity contribution in [3.8, 4) is 0 Å². The number of H-pyrrole nitrogens is 1. The second-order valence-electron chi connectivity index (χ2n) is 4.30. The van der Waals surface area contributed by atoms with E-state index in [1.54, 1.807) is 13.8 Å². The smallest absolute Gasteiger partial charge is 0.280 e. The molecule has 2 aromatic rings. The average Bonchev–Trinajstić information content (AvgIpc) is 2.70. The van der Waals surface area contributed by atoms with Crippen LogP contribution in [0.1, 0.15) is 11.3 Å². The number of nitro benzene ring substituents is 1. The van der Waals surface area contributed by atoms with Gasteiger partial charge in [0.25, 0.3) is 15.7 Å². The van der Waals surface area contributed by atoms with Gasteiger partial charge in [-0.15, -0.1) is 0 Å². The number of rotatable bonds is 4. The highest BCUT2D eigenvalue weighted by Crippen LogP contribution is 2.28. The molecule has 0 aliphatic carbocycles. The minimum absolute atomic E-state index is 0.134. The molecule has 0 aliphatic rings. The SMILES string of the molecule is Cc1[nH]nc(NS(=O)(=O)c2ccc(Cl)c([N+](=O)[O-])c2)c1C. The third kappa shape index (κ3) is 2.98. The van der Waals surface area contributed by atoms with E-state index in [9.17, 15) is 18.5 Å². The largest absolute Gasteiger partial charge is 0.289 e. The lowest BCUT2D eigenvalue weighted by Crippen LogP contribution is -2.14. The van der Waals surface area contributed by atoms with E-state index in [0.29, 0.717) is 5.56 Å². The molecule has 0 saturated heterocycles. The highest BCUT2D eigenvalue weighted by molar-refractivity contribution is 7.92. The number of hydrogen-bond acceptors (Lipinski definition) is 5. The number of aromatic nitrogens is 2. The topological polar surface area (TPSA) is 118 Å². The first-order valence-electron chi connectivity index (χ1n) is 5.70. The minimum atomic E-state index is -3.99. The summed E-state index contributed by atoms with van der Waals surface area (Å²) < 4.78 is 26.7. The number of aromatic amines is 1. The van der Waals surface area contributed by atoms with Gasteiger partial charge < -0.3 is 0 Å². The molecule has 21 heavy (non-hydrogen) atoms. The zero-order valence-electron chi connectivity index (χ0n) is 11.0. The maximum atomic E-state index is 12.2. The van der Waals surface area contributed by atoms with Crippen LogP contribution >= 0.6 is 11.6 Å². The van der Waals surface area contributed by atoms with E-state index in [1.807, 2.05) is 0 Å². The first kappa shape index (κ1) is 15.3. The van der Waals surface area contributed by atoms with Crippen LogP contribution in [0, 0.1) is 24.0 Å². The molecule has 112 valence electrons. The van der Waals surface area contributed by atoms with Crippen LogP contribution in [0.2, 0.25) is 5.02 Å². The molecule has 1 aromatic carbocycles. The van der Waals surface area contributed by atoms with E-state index in [0.717, 1.165) is 17.8 Å². The van der Waals surface area contributed by atoms with Crippen LogP contribution in [-0.2, 0) is 10.0 Å². The molecule has 0 bridgehead atoms. The van der Waals surface area contributed by atoms with Gasteiger partial charge in [-0.1, -0.05) is 11.6 Å². The Morgan fingerprint density at radius 1 is 1.38 bits per heavy atom. The van der Waals surface area contributed by atoms with E-state index in [4.69, 9.17) is 11.6 Å². The van der Waals surface area contributed by atoms with Gasteiger partial charge in [-0.3, -0.25) is 19.9 Å². The fourth-order valence-electron chi connectivity index (χ4n) is 1.57. The van der Waals surface area contributed by atoms with Gasteiger partial charge in [0.05, 0.1) is 9.82 Å². The van der Waals surface area contributed by atoms with Gasteiger partial charge >= 0.3 is 0 Å². The Hall–Kier alpha value is -2.13. The van der Waals surface area contributed by atoms with Crippen LogP contribution in [0.3, 0.4) is 0 Å². The Bertz CT molecular complexity index is 816. The summed E-state index contributed by atoms with van der Waals surface area (Å²) in [5, 5.41) is 17.1. The summed E-state index contributed by atoms with van der Waals surface area (Å²) in [6.45, 7) is 3.44. The average molecular weight is 331 g/mol. The molecule has 10 heteroatoms. The molecule has 0 spiro atoms. The van der Waals surface area contributed by atoms with Gasteiger partial charge in [0, 0.05) is 17.3 Å². The molecule has 2 rings (SSSR count). The molecule has 0 fully saturated rings. The van der Waals surface area contributed by atoms with Crippen molar-refractivity contribution in [3.05, 3.63) is 44.6 Å². The van der Waals surface area contributed by atoms with Crippen LogP contribution in [0.5, 0.6) is 0 Å². The Kier molecular flexibility index (Phi) is 3.88. The van der Waals surface area contributed by atoms with Crippen LogP contribution in [0.15, 0.2) is 23.1 Å². The minimum Gasteiger partial charge on any atom is -0.280 e. The van der Waals surface area contributed by atoms with Crippen molar-refractivity contribution in [2.75, 3.05) is 4.72 Å². The molecule has 0 atom stereocenters. The summed E-state index contributed by atoms with van der Waals surface area (Å²) in [4.78, 5) is 9.80. The van der Waals surface area contributed by atoms with Crippen molar-refractivity contribution in [3.63, 3.8) is 0 Å². The predicted octanol–water partition coefficient (Wildman–Crippen LogP) is 2.39. The van der Waals surface area contributed by atoms with E-state index in [-0.39, 0.29) is 15.7 Å². The zero-order valence-corrected chi connectivity index (χ0v) is 12.6. The fraction of sp³-hybridized carbons (Fsp3) is 0.182. The lowest BCUT2D eigenvalue weighted by molar-refractivity contribution is -0.384. The number of nitro groups is 1. The van der Waals surface area contributed by atoms with Crippen molar-refractivity contribution >= 4 is 33.1 Å². The maximum Gasteiger partial charge on any atom is 0.289 e. The van der Waals surface area contributed by atoms with Crippen molar-refractivity contribution in [1.29, 1.82) is 0 Å². The maximum absolute atomic E-state index is 12.2. The summed E-state index contributed by atoms with van der Waals surface area (Å²) in [5.41, 5.74) is 0.881. The van der Waals surface area contributed by atoms with Gasteiger partial charge in [0.15, 0.2) is 5.82 Å². The third-order valence-electron chi connectivity index (χ3n) is 2.91. The standard InChI is InChI=1S/C11H11ClN4O4S/c1-6-7(2)13-14-11(6)15-21(19,20)8-3-4-9(12)10(5-8)16(17)18/h3-5H,1-2H3,(H2,13,14,15). The van der Waals surface area contributed by atoms with Gasteiger partial charge in [-0.25, -0.2) is 8.42 Å². The molecule has 1 aromatic heterocycles. The predicted molar refractivity (Wildman–Crippen MR) is 77.0 cm³/mol. The highest BCUT2D eigenvalue weighted by Gasteiger charge is 2.22. The van der Waals surface area contributed by atoms with Gasteiger partial charge in [-0.2, -0.15) is 5.10 Å². The molecule has 0 unspecified atom stereocenters.